The lowest BCUT2D eigenvalue weighted by atomic mass is 10.1. The molecule has 23 heavy (non-hydrogen) atoms. The fourth-order valence-corrected chi connectivity index (χ4v) is 2.84. The molecule has 0 aliphatic heterocycles. The van der Waals surface area contributed by atoms with E-state index in [4.69, 9.17) is 4.52 Å². The largest absolute Gasteiger partial charge is 0.333 e. The Labute approximate surface area is 137 Å². The van der Waals surface area contributed by atoms with Gasteiger partial charge in [0, 0.05) is 5.69 Å². The number of hydrogen-bond donors (Lipinski definition) is 2. The Hall–Kier alpha value is -2.67. The second-order valence-corrected chi connectivity index (χ2v) is 6.10. The molecule has 0 atom stereocenters. The summed E-state index contributed by atoms with van der Waals surface area (Å²) in [6.45, 7) is 5.79. The van der Waals surface area contributed by atoms with Crippen molar-refractivity contribution in [1.29, 1.82) is 0 Å². The molecule has 0 radical (unpaired) electrons. The molecule has 7 heteroatoms. The summed E-state index contributed by atoms with van der Waals surface area (Å²) in [6, 6.07) is 7.27. The minimum Gasteiger partial charge on any atom is -0.333 e. The summed E-state index contributed by atoms with van der Waals surface area (Å²) in [5, 5.41) is 11.3. The van der Waals surface area contributed by atoms with Crippen molar-refractivity contribution < 1.29 is 9.32 Å². The molecule has 0 saturated carbocycles. The van der Waals surface area contributed by atoms with Crippen molar-refractivity contribution in [2.75, 3.05) is 10.6 Å². The predicted molar refractivity (Wildman–Crippen MR) is 90.9 cm³/mol. The molecule has 6 nitrogen and oxygen atoms in total. The molecule has 0 aliphatic rings. The van der Waals surface area contributed by atoms with Crippen LogP contribution in [0.4, 0.5) is 16.2 Å². The lowest BCUT2D eigenvalue weighted by Crippen LogP contribution is -2.19. The van der Waals surface area contributed by atoms with E-state index < -0.39 is 0 Å². The molecule has 3 rings (SSSR count). The smallest absolute Gasteiger partial charge is 0.323 e. The molecule has 0 spiro atoms. The summed E-state index contributed by atoms with van der Waals surface area (Å²) < 4.78 is 5.16. The van der Waals surface area contributed by atoms with Crippen LogP contribution in [0.2, 0.25) is 0 Å². The second kappa shape index (κ2) is 6.21. The van der Waals surface area contributed by atoms with Crippen LogP contribution in [0.3, 0.4) is 0 Å². The van der Waals surface area contributed by atoms with Crippen molar-refractivity contribution in [2.24, 2.45) is 0 Å². The van der Waals surface area contributed by atoms with E-state index in [0.717, 1.165) is 16.1 Å². The fraction of sp³-hybridized carbons (Fsp3) is 0.188. The van der Waals surface area contributed by atoms with Crippen LogP contribution in [0.15, 0.2) is 34.2 Å². The Morgan fingerprint density at radius 3 is 2.65 bits per heavy atom. The van der Waals surface area contributed by atoms with Crippen LogP contribution in [-0.4, -0.2) is 16.2 Å². The van der Waals surface area contributed by atoms with Gasteiger partial charge in [-0.25, -0.2) is 4.79 Å². The molecule has 2 heterocycles. The second-order valence-electron chi connectivity index (χ2n) is 5.19. The number of rotatable bonds is 3. The minimum absolute atomic E-state index is 0.316. The maximum Gasteiger partial charge on any atom is 0.323 e. The number of anilines is 2. The van der Waals surface area contributed by atoms with E-state index in [0.29, 0.717) is 17.4 Å². The first kappa shape index (κ1) is 15.2. The number of aryl methyl sites for hydroxylation is 3. The summed E-state index contributed by atoms with van der Waals surface area (Å²) in [6.07, 6.45) is 0. The van der Waals surface area contributed by atoms with Crippen LogP contribution in [0.5, 0.6) is 0 Å². The molecular weight excluding hydrogens is 312 g/mol. The Morgan fingerprint density at radius 2 is 1.96 bits per heavy atom. The Morgan fingerprint density at radius 1 is 1.13 bits per heavy atom. The van der Waals surface area contributed by atoms with Crippen LogP contribution in [0, 0.1) is 20.8 Å². The first-order valence-corrected chi connectivity index (χ1v) is 7.94. The number of nitrogens with one attached hydrogen (secondary N) is 2. The van der Waals surface area contributed by atoms with Crippen LogP contribution >= 0.6 is 11.3 Å². The van der Waals surface area contributed by atoms with Gasteiger partial charge in [-0.3, -0.25) is 0 Å². The highest BCUT2D eigenvalue weighted by Crippen LogP contribution is 2.32. The van der Waals surface area contributed by atoms with Gasteiger partial charge in [0.15, 0.2) is 5.82 Å². The number of amides is 2. The van der Waals surface area contributed by atoms with E-state index in [1.807, 2.05) is 37.4 Å². The minimum atomic E-state index is -0.316. The number of aromatic nitrogens is 2. The van der Waals surface area contributed by atoms with Crippen LogP contribution in [0.25, 0.3) is 10.8 Å². The van der Waals surface area contributed by atoms with Crippen molar-refractivity contribution in [3.8, 4) is 10.8 Å². The fourth-order valence-electron chi connectivity index (χ4n) is 2.07. The standard InChI is InChI=1S/C16H16N4O2S/c1-9-4-5-12(8-10(9)2)18-16(21)19-13-6-7-23-14(13)15-17-11(3)20-22-15/h4-8H,1-3H3,(H2,18,19,21). The highest BCUT2D eigenvalue weighted by Gasteiger charge is 2.15. The highest BCUT2D eigenvalue weighted by atomic mass is 32.1. The summed E-state index contributed by atoms with van der Waals surface area (Å²) in [7, 11) is 0. The summed E-state index contributed by atoms with van der Waals surface area (Å²) >= 11 is 1.43. The first-order valence-electron chi connectivity index (χ1n) is 7.06. The van der Waals surface area contributed by atoms with Gasteiger partial charge in [-0.15, -0.1) is 11.3 Å². The van der Waals surface area contributed by atoms with E-state index in [-0.39, 0.29) is 6.03 Å². The normalized spacial score (nSPS) is 10.6. The summed E-state index contributed by atoms with van der Waals surface area (Å²) in [5.74, 6) is 0.956. The molecule has 2 N–H and O–H groups in total. The predicted octanol–water partition coefficient (Wildman–Crippen LogP) is 4.37. The molecule has 0 saturated heterocycles. The lowest BCUT2D eigenvalue weighted by molar-refractivity contribution is 0.262. The third kappa shape index (κ3) is 3.40. The quantitative estimate of drug-likeness (QED) is 0.748. The maximum atomic E-state index is 12.2. The van der Waals surface area contributed by atoms with Gasteiger partial charge in [0.1, 0.15) is 4.88 Å². The number of urea groups is 1. The number of carbonyl (C=O) groups is 1. The van der Waals surface area contributed by atoms with Crippen LogP contribution in [0.1, 0.15) is 17.0 Å². The van der Waals surface area contributed by atoms with Gasteiger partial charge >= 0.3 is 6.03 Å². The molecule has 1 aromatic carbocycles. The molecule has 0 fully saturated rings. The number of carbonyl (C=O) groups excluding carboxylic acids is 1. The van der Waals surface area contributed by atoms with Crippen LogP contribution < -0.4 is 10.6 Å². The SMILES string of the molecule is Cc1noc(-c2sccc2NC(=O)Nc2ccc(C)c(C)c2)n1. The third-order valence-corrected chi connectivity index (χ3v) is 4.30. The topological polar surface area (TPSA) is 80.0 Å². The Balaban J connectivity index is 1.73. The van der Waals surface area contributed by atoms with E-state index >= 15 is 0 Å². The Bertz CT molecular complexity index is 853. The van der Waals surface area contributed by atoms with E-state index in [1.165, 1.54) is 16.9 Å². The molecule has 2 amide bonds. The molecule has 3 aromatic rings. The van der Waals surface area contributed by atoms with E-state index in [2.05, 4.69) is 20.8 Å². The van der Waals surface area contributed by atoms with Gasteiger partial charge in [-0.1, -0.05) is 11.2 Å². The van der Waals surface area contributed by atoms with E-state index in [9.17, 15) is 4.79 Å². The van der Waals surface area contributed by atoms with Gasteiger partial charge < -0.3 is 15.2 Å². The third-order valence-electron chi connectivity index (χ3n) is 3.40. The molecule has 118 valence electrons. The van der Waals surface area contributed by atoms with Crippen molar-refractivity contribution in [2.45, 2.75) is 20.8 Å². The zero-order valence-corrected chi connectivity index (χ0v) is 13.8. The molecule has 0 aliphatic carbocycles. The average Bonchev–Trinajstić information content (AvgIpc) is 3.11. The van der Waals surface area contributed by atoms with Crippen molar-refractivity contribution in [3.05, 3.63) is 46.6 Å². The van der Waals surface area contributed by atoms with Crippen molar-refractivity contribution in [3.63, 3.8) is 0 Å². The van der Waals surface area contributed by atoms with Crippen LogP contribution in [-0.2, 0) is 0 Å². The summed E-state index contributed by atoms with van der Waals surface area (Å²) in [5.41, 5.74) is 3.69. The van der Waals surface area contributed by atoms with Gasteiger partial charge in [-0.05, 0) is 55.5 Å². The first-order chi connectivity index (χ1) is 11.0. The number of benzene rings is 1. The lowest BCUT2D eigenvalue weighted by Gasteiger charge is -2.09. The Kier molecular flexibility index (Phi) is 4.12. The molecule has 2 aromatic heterocycles. The van der Waals surface area contributed by atoms with Gasteiger partial charge in [0.2, 0.25) is 0 Å². The van der Waals surface area contributed by atoms with Crippen molar-refractivity contribution in [1.82, 2.24) is 10.1 Å². The van der Waals surface area contributed by atoms with Crippen molar-refractivity contribution >= 4 is 28.7 Å². The molecule has 0 unspecified atom stereocenters. The van der Waals surface area contributed by atoms with Gasteiger partial charge in [0.25, 0.3) is 5.89 Å². The zero-order chi connectivity index (χ0) is 16.4. The molecule has 0 bridgehead atoms. The van der Waals surface area contributed by atoms with E-state index in [1.54, 1.807) is 13.0 Å². The number of nitrogens with zero attached hydrogens (tertiary/aromatic N) is 2. The molecular formula is C16H16N4O2S. The highest BCUT2D eigenvalue weighted by molar-refractivity contribution is 7.14. The maximum absolute atomic E-state index is 12.2. The zero-order valence-electron chi connectivity index (χ0n) is 13.0. The number of hydrogen-bond acceptors (Lipinski definition) is 5. The number of thiophene rings is 1. The summed E-state index contributed by atoms with van der Waals surface area (Å²) in [4.78, 5) is 17.1. The van der Waals surface area contributed by atoms with Gasteiger partial charge in [0.05, 0.1) is 5.69 Å². The average molecular weight is 328 g/mol. The monoisotopic (exact) mass is 328 g/mol. The van der Waals surface area contributed by atoms with Gasteiger partial charge in [-0.2, -0.15) is 4.98 Å².